The van der Waals surface area contributed by atoms with E-state index in [0.29, 0.717) is 0 Å². The van der Waals surface area contributed by atoms with Crippen molar-refractivity contribution in [3.63, 3.8) is 0 Å². The molecule has 0 radical (unpaired) electrons. The molecule has 0 aliphatic rings. The average molecular weight is 226 g/mol. The van der Waals surface area contributed by atoms with Crippen LogP contribution < -0.4 is 0 Å². The molecule has 3 aromatic rings. The Morgan fingerprint density at radius 1 is 0.938 bits per heavy atom. The predicted octanol–water partition coefficient (Wildman–Crippen LogP) is 3.40. The monoisotopic (exact) mass is 226 g/mol. The Bertz CT molecular complexity index is 629. The molecule has 1 heterocycles. The minimum absolute atomic E-state index is 0.967. The number of fused-ring (bicyclic) bond motifs is 1. The highest BCUT2D eigenvalue weighted by Crippen LogP contribution is 2.23. The number of nitrogens with zero attached hydrogens (tertiary/aromatic N) is 2. The van der Waals surface area contributed by atoms with Crippen LogP contribution in [0.4, 0.5) is 0 Å². The van der Waals surface area contributed by atoms with Gasteiger partial charge in [0, 0.05) is 11.6 Å². The molecule has 0 N–H and O–H groups in total. The van der Waals surface area contributed by atoms with Crippen molar-refractivity contribution in [1.82, 2.24) is 9.19 Å². The molecule has 0 amide bonds. The fourth-order valence-corrected chi connectivity index (χ4v) is 2.04. The summed E-state index contributed by atoms with van der Waals surface area (Å²) >= 11 is 4.17. The minimum Gasteiger partial charge on any atom is -0.216 e. The zero-order valence-electron chi connectivity index (χ0n) is 8.54. The first-order valence-electron chi connectivity index (χ1n) is 5.07. The number of rotatable bonds is 1. The lowest BCUT2D eigenvalue weighted by Crippen LogP contribution is -1.77. The van der Waals surface area contributed by atoms with E-state index in [0.717, 1.165) is 10.9 Å². The number of aromatic nitrogens is 2. The van der Waals surface area contributed by atoms with Crippen LogP contribution >= 0.6 is 12.8 Å². The second kappa shape index (κ2) is 3.68. The van der Waals surface area contributed by atoms with Gasteiger partial charge in [-0.1, -0.05) is 36.4 Å². The van der Waals surface area contributed by atoms with E-state index in [1.54, 1.807) is 4.09 Å². The standard InChI is InChI=1S/C13H10N2S/c16-15-9-12-8-11(6-7-13(12)14-15)10-4-2-1-3-5-10/h1-9,16H. The van der Waals surface area contributed by atoms with Crippen LogP contribution in [0.1, 0.15) is 0 Å². The van der Waals surface area contributed by atoms with Gasteiger partial charge >= 0.3 is 0 Å². The van der Waals surface area contributed by atoms with E-state index in [-0.39, 0.29) is 0 Å². The normalized spacial score (nSPS) is 10.8. The van der Waals surface area contributed by atoms with Gasteiger partial charge in [0.25, 0.3) is 0 Å². The van der Waals surface area contributed by atoms with Crippen LogP contribution in [0, 0.1) is 0 Å². The van der Waals surface area contributed by atoms with Gasteiger partial charge in [0.15, 0.2) is 0 Å². The molecule has 0 aliphatic carbocycles. The highest BCUT2D eigenvalue weighted by Gasteiger charge is 2.01. The fourth-order valence-electron chi connectivity index (χ4n) is 1.82. The van der Waals surface area contributed by atoms with Crippen LogP contribution in [-0.2, 0) is 0 Å². The molecule has 0 aliphatic heterocycles. The summed E-state index contributed by atoms with van der Waals surface area (Å²) in [5.74, 6) is 0. The number of thiol groups is 1. The SMILES string of the molecule is Sn1cc2cc(-c3ccccc3)ccc2n1. The molecule has 2 nitrogen and oxygen atoms in total. The van der Waals surface area contributed by atoms with E-state index < -0.39 is 0 Å². The average Bonchev–Trinajstić information content (AvgIpc) is 2.69. The molecular weight excluding hydrogens is 216 g/mol. The molecule has 3 rings (SSSR count). The number of hydrogen-bond donors (Lipinski definition) is 1. The van der Waals surface area contributed by atoms with Crippen LogP contribution in [0.15, 0.2) is 54.7 Å². The number of benzene rings is 2. The Balaban J connectivity index is 2.18. The molecule has 0 bridgehead atoms. The van der Waals surface area contributed by atoms with Gasteiger partial charge < -0.3 is 0 Å². The zero-order valence-corrected chi connectivity index (χ0v) is 9.43. The van der Waals surface area contributed by atoms with Crippen molar-refractivity contribution in [2.75, 3.05) is 0 Å². The van der Waals surface area contributed by atoms with Gasteiger partial charge in [-0.05, 0) is 36.1 Å². The highest BCUT2D eigenvalue weighted by molar-refractivity contribution is 7.78. The summed E-state index contributed by atoms with van der Waals surface area (Å²) < 4.78 is 1.54. The number of hydrogen-bond acceptors (Lipinski definition) is 2. The lowest BCUT2D eigenvalue weighted by Gasteiger charge is -2.00. The van der Waals surface area contributed by atoms with Crippen molar-refractivity contribution in [1.29, 1.82) is 0 Å². The van der Waals surface area contributed by atoms with Crippen LogP contribution in [-0.4, -0.2) is 9.19 Å². The van der Waals surface area contributed by atoms with Gasteiger partial charge in [-0.25, -0.2) is 4.09 Å². The van der Waals surface area contributed by atoms with Crippen molar-refractivity contribution in [3.05, 3.63) is 54.7 Å². The molecule has 2 aromatic carbocycles. The lowest BCUT2D eigenvalue weighted by molar-refractivity contribution is 1.04. The van der Waals surface area contributed by atoms with Gasteiger partial charge in [0.05, 0.1) is 5.52 Å². The van der Waals surface area contributed by atoms with E-state index in [4.69, 9.17) is 0 Å². The molecule has 0 spiro atoms. The molecule has 0 unspecified atom stereocenters. The molecule has 0 atom stereocenters. The summed E-state index contributed by atoms with van der Waals surface area (Å²) in [4.78, 5) is 0. The zero-order chi connectivity index (χ0) is 11.0. The third-order valence-electron chi connectivity index (χ3n) is 2.60. The molecule has 0 fully saturated rings. The van der Waals surface area contributed by atoms with E-state index in [2.05, 4.69) is 42.2 Å². The lowest BCUT2D eigenvalue weighted by atomic mass is 10.0. The van der Waals surface area contributed by atoms with E-state index in [9.17, 15) is 0 Å². The minimum atomic E-state index is 0.967. The fraction of sp³-hybridized carbons (Fsp3) is 0. The first-order chi connectivity index (χ1) is 7.83. The van der Waals surface area contributed by atoms with Gasteiger partial charge in [-0.2, -0.15) is 5.10 Å². The molecule has 0 saturated heterocycles. The quantitative estimate of drug-likeness (QED) is 0.630. The molecule has 78 valence electrons. The van der Waals surface area contributed by atoms with Gasteiger partial charge in [0.1, 0.15) is 0 Å². The van der Waals surface area contributed by atoms with E-state index in [1.807, 2.05) is 30.5 Å². The molecular formula is C13H10N2S. The second-order valence-electron chi connectivity index (χ2n) is 3.69. The largest absolute Gasteiger partial charge is 0.216 e. The maximum absolute atomic E-state index is 4.23. The van der Waals surface area contributed by atoms with E-state index >= 15 is 0 Å². The summed E-state index contributed by atoms with van der Waals surface area (Å²) in [5.41, 5.74) is 3.39. The highest BCUT2D eigenvalue weighted by atomic mass is 32.1. The molecule has 3 heteroatoms. The Morgan fingerprint density at radius 3 is 2.56 bits per heavy atom. The Kier molecular flexibility index (Phi) is 2.18. The Labute approximate surface area is 99.1 Å². The molecule has 16 heavy (non-hydrogen) atoms. The maximum atomic E-state index is 4.23. The van der Waals surface area contributed by atoms with E-state index in [1.165, 1.54) is 11.1 Å². The summed E-state index contributed by atoms with van der Waals surface area (Å²) in [7, 11) is 0. The summed E-state index contributed by atoms with van der Waals surface area (Å²) in [6.45, 7) is 0. The van der Waals surface area contributed by atoms with Crippen LogP contribution in [0.25, 0.3) is 22.0 Å². The predicted molar refractivity (Wildman–Crippen MR) is 69.6 cm³/mol. The van der Waals surface area contributed by atoms with Crippen LogP contribution in [0.3, 0.4) is 0 Å². The second-order valence-corrected chi connectivity index (χ2v) is 4.10. The van der Waals surface area contributed by atoms with Gasteiger partial charge in [-0.3, -0.25) is 0 Å². The van der Waals surface area contributed by atoms with Crippen molar-refractivity contribution in [3.8, 4) is 11.1 Å². The molecule has 1 aromatic heterocycles. The topological polar surface area (TPSA) is 17.8 Å². The third-order valence-corrected chi connectivity index (χ3v) is 2.80. The van der Waals surface area contributed by atoms with Crippen molar-refractivity contribution < 1.29 is 0 Å². The molecule has 0 saturated carbocycles. The van der Waals surface area contributed by atoms with Gasteiger partial charge in [-0.15, -0.1) is 0 Å². The first kappa shape index (κ1) is 9.48. The summed E-state index contributed by atoms with van der Waals surface area (Å²) in [6, 6.07) is 16.5. The van der Waals surface area contributed by atoms with Crippen molar-refractivity contribution in [2.24, 2.45) is 0 Å². The smallest absolute Gasteiger partial charge is 0.0934 e. The van der Waals surface area contributed by atoms with Crippen LogP contribution in [0.5, 0.6) is 0 Å². The summed E-state index contributed by atoms with van der Waals surface area (Å²) in [5, 5.41) is 5.34. The third kappa shape index (κ3) is 1.59. The van der Waals surface area contributed by atoms with Crippen LogP contribution in [0.2, 0.25) is 0 Å². The maximum Gasteiger partial charge on any atom is 0.0934 e. The Morgan fingerprint density at radius 2 is 1.75 bits per heavy atom. The van der Waals surface area contributed by atoms with Crippen molar-refractivity contribution in [2.45, 2.75) is 0 Å². The van der Waals surface area contributed by atoms with Crippen molar-refractivity contribution >= 4 is 23.7 Å². The first-order valence-corrected chi connectivity index (χ1v) is 5.47. The van der Waals surface area contributed by atoms with Gasteiger partial charge in [0.2, 0.25) is 0 Å². The Hall–Kier alpha value is -1.74. The summed E-state index contributed by atoms with van der Waals surface area (Å²) in [6.07, 6.45) is 1.91.